The van der Waals surface area contributed by atoms with Gasteiger partial charge in [0, 0.05) is 11.3 Å². The average Bonchev–Trinajstić information content (AvgIpc) is 2.17. The van der Waals surface area contributed by atoms with Gasteiger partial charge in [0.15, 0.2) is 11.4 Å². The number of rotatable bonds is 4. The standard InChI is InChI=1S/C10H13N3O3/c11-7-4-2-1-3-6(7)8(14)5-10(12,13)9(15)16/h1-4H,5,11-13H2,(H,15,16). The third-order valence-corrected chi connectivity index (χ3v) is 2.11. The second kappa shape index (κ2) is 4.30. The first-order valence-electron chi connectivity index (χ1n) is 4.53. The summed E-state index contributed by atoms with van der Waals surface area (Å²) in [6, 6.07) is 6.33. The lowest BCUT2D eigenvalue weighted by Crippen LogP contribution is -2.57. The molecule has 16 heavy (non-hydrogen) atoms. The Balaban J connectivity index is 2.89. The van der Waals surface area contributed by atoms with Crippen molar-refractivity contribution in [3.05, 3.63) is 29.8 Å². The zero-order valence-corrected chi connectivity index (χ0v) is 8.51. The van der Waals surface area contributed by atoms with Crippen molar-refractivity contribution in [1.82, 2.24) is 0 Å². The van der Waals surface area contributed by atoms with Crippen LogP contribution in [0.5, 0.6) is 0 Å². The second-order valence-electron chi connectivity index (χ2n) is 3.53. The molecule has 0 radical (unpaired) electrons. The highest BCUT2D eigenvalue weighted by Gasteiger charge is 2.32. The molecule has 0 fully saturated rings. The maximum Gasteiger partial charge on any atom is 0.338 e. The molecule has 6 nitrogen and oxygen atoms in total. The SMILES string of the molecule is Nc1ccccc1C(=O)CC(N)(N)C(=O)O. The number of hydrogen-bond donors (Lipinski definition) is 4. The first-order chi connectivity index (χ1) is 7.34. The third kappa shape index (κ3) is 2.56. The summed E-state index contributed by atoms with van der Waals surface area (Å²) in [5.41, 5.74) is 14.5. The van der Waals surface area contributed by atoms with Crippen LogP contribution in [0.3, 0.4) is 0 Å². The lowest BCUT2D eigenvalue weighted by Gasteiger charge is -2.18. The Labute approximate surface area is 92.0 Å². The molecule has 1 rings (SSSR count). The van der Waals surface area contributed by atoms with Crippen LogP contribution >= 0.6 is 0 Å². The molecule has 0 unspecified atom stereocenters. The monoisotopic (exact) mass is 223 g/mol. The number of nitrogens with two attached hydrogens (primary N) is 3. The van der Waals surface area contributed by atoms with Crippen LogP contribution in [-0.4, -0.2) is 22.5 Å². The summed E-state index contributed by atoms with van der Waals surface area (Å²) < 4.78 is 0. The second-order valence-corrected chi connectivity index (χ2v) is 3.53. The molecule has 0 heterocycles. The fraction of sp³-hybridized carbons (Fsp3) is 0.200. The van der Waals surface area contributed by atoms with E-state index in [1.165, 1.54) is 6.07 Å². The van der Waals surface area contributed by atoms with Crippen molar-refractivity contribution in [2.45, 2.75) is 12.1 Å². The summed E-state index contributed by atoms with van der Waals surface area (Å²) in [6.07, 6.45) is -0.503. The van der Waals surface area contributed by atoms with Crippen LogP contribution in [0.25, 0.3) is 0 Å². The summed E-state index contributed by atoms with van der Waals surface area (Å²) in [6.45, 7) is 0. The van der Waals surface area contributed by atoms with Gasteiger partial charge in [-0.2, -0.15) is 0 Å². The number of Topliss-reactive ketones (excluding diaryl/α,β-unsaturated/α-hetero) is 1. The Morgan fingerprint density at radius 1 is 1.25 bits per heavy atom. The third-order valence-electron chi connectivity index (χ3n) is 2.11. The number of ketones is 1. The molecule has 0 saturated heterocycles. The molecule has 1 aromatic carbocycles. The molecule has 0 aromatic heterocycles. The van der Waals surface area contributed by atoms with Crippen molar-refractivity contribution in [1.29, 1.82) is 0 Å². The Kier molecular flexibility index (Phi) is 3.26. The number of nitrogen functional groups attached to an aromatic ring is 1. The lowest BCUT2D eigenvalue weighted by atomic mass is 9.99. The number of carbonyl (C=O) groups is 2. The number of benzene rings is 1. The zero-order valence-electron chi connectivity index (χ0n) is 8.51. The van der Waals surface area contributed by atoms with Gasteiger partial charge in [0.05, 0.1) is 6.42 Å². The Hall–Kier alpha value is -1.92. The predicted octanol–water partition coefficient (Wildman–Crippen LogP) is -0.460. The van der Waals surface area contributed by atoms with Crippen LogP contribution in [0.4, 0.5) is 5.69 Å². The van der Waals surface area contributed by atoms with Gasteiger partial charge in [0.2, 0.25) is 0 Å². The smallest absolute Gasteiger partial charge is 0.338 e. The van der Waals surface area contributed by atoms with Crippen molar-refractivity contribution >= 4 is 17.4 Å². The molecular weight excluding hydrogens is 210 g/mol. The molecule has 0 aliphatic heterocycles. The van der Waals surface area contributed by atoms with Crippen LogP contribution in [0.15, 0.2) is 24.3 Å². The molecule has 0 aliphatic carbocycles. The number of aliphatic carboxylic acids is 1. The number of carbonyl (C=O) groups excluding carboxylic acids is 1. The molecule has 0 bridgehead atoms. The van der Waals surface area contributed by atoms with Gasteiger partial charge in [0.1, 0.15) is 0 Å². The molecular formula is C10H13N3O3. The molecule has 0 aliphatic rings. The lowest BCUT2D eigenvalue weighted by molar-refractivity contribution is -0.143. The Morgan fingerprint density at radius 2 is 1.81 bits per heavy atom. The molecule has 0 amide bonds. The van der Waals surface area contributed by atoms with Gasteiger partial charge in [-0.15, -0.1) is 0 Å². The van der Waals surface area contributed by atoms with E-state index in [0.29, 0.717) is 0 Å². The van der Waals surface area contributed by atoms with Crippen LogP contribution in [0.1, 0.15) is 16.8 Å². The Morgan fingerprint density at radius 3 is 2.31 bits per heavy atom. The van der Waals surface area contributed by atoms with Gasteiger partial charge >= 0.3 is 5.97 Å². The van der Waals surface area contributed by atoms with Crippen molar-refractivity contribution in [3.8, 4) is 0 Å². The molecule has 6 heteroatoms. The first-order valence-corrected chi connectivity index (χ1v) is 4.53. The number of para-hydroxylation sites is 1. The van der Waals surface area contributed by atoms with Crippen LogP contribution in [-0.2, 0) is 4.79 Å². The van der Waals surface area contributed by atoms with E-state index in [2.05, 4.69) is 0 Å². The normalized spacial score (nSPS) is 11.1. The summed E-state index contributed by atoms with van der Waals surface area (Å²) in [7, 11) is 0. The maximum absolute atomic E-state index is 11.7. The highest BCUT2D eigenvalue weighted by atomic mass is 16.4. The van der Waals surface area contributed by atoms with Gasteiger partial charge in [-0.05, 0) is 12.1 Å². The van der Waals surface area contributed by atoms with Crippen LogP contribution in [0, 0.1) is 0 Å². The fourth-order valence-corrected chi connectivity index (χ4v) is 1.19. The predicted molar refractivity (Wildman–Crippen MR) is 58.5 cm³/mol. The average molecular weight is 223 g/mol. The van der Waals surface area contributed by atoms with Gasteiger partial charge in [-0.1, -0.05) is 12.1 Å². The Bertz CT molecular complexity index is 429. The van der Waals surface area contributed by atoms with E-state index < -0.39 is 23.8 Å². The van der Waals surface area contributed by atoms with E-state index in [4.69, 9.17) is 22.3 Å². The number of carboxylic acid groups (broad SMARTS) is 1. The molecule has 1 aromatic rings. The molecule has 86 valence electrons. The molecule has 0 atom stereocenters. The first kappa shape index (κ1) is 12.2. The summed E-state index contributed by atoms with van der Waals surface area (Å²) >= 11 is 0. The summed E-state index contributed by atoms with van der Waals surface area (Å²) in [5.74, 6) is -1.93. The van der Waals surface area contributed by atoms with Crippen molar-refractivity contribution in [3.63, 3.8) is 0 Å². The van der Waals surface area contributed by atoms with E-state index in [-0.39, 0.29) is 11.3 Å². The topological polar surface area (TPSA) is 132 Å². The highest BCUT2D eigenvalue weighted by Crippen LogP contribution is 2.15. The minimum atomic E-state index is -2.07. The van der Waals surface area contributed by atoms with E-state index in [1.807, 2.05) is 0 Å². The van der Waals surface area contributed by atoms with Crippen LogP contribution in [0.2, 0.25) is 0 Å². The summed E-state index contributed by atoms with van der Waals surface area (Å²) in [4.78, 5) is 22.3. The number of anilines is 1. The van der Waals surface area contributed by atoms with Gasteiger partial charge < -0.3 is 22.3 Å². The van der Waals surface area contributed by atoms with Crippen LogP contribution < -0.4 is 17.2 Å². The molecule has 7 N–H and O–H groups in total. The quantitative estimate of drug-likeness (QED) is 0.310. The van der Waals surface area contributed by atoms with Crippen molar-refractivity contribution in [2.75, 3.05) is 5.73 Å². The van der Waals surface area contributed by atoms with Crippen molar-refractivity contribution in [2.24, 2.45) is 11.5 Å². The van der Waals surface area contributed by atoms with E-state index in [1.54, 1.807) is 18.2 Å². The maximum atomic E-state index is 11.7. The fourth-order valence-electron chi connectivity index (χ4n) is 1.19. The largest absolute Gasteiger partial charge is 0.479 e. The minimum Gasteiger partial charge on any atom is -0.479 e. The van der Waals surface area contributed by atoms with Gasteiger partial charge in [-0.3, -0.25) is 4.79 Å². The highest BCUT2D eigenvalue weighted by molar-refractivity contribution is 6.03. The van der Waals surface area contributed by atoms with E-state index in [9.17, 15) is 9.59 Å². The van der Waals surface area contributed by atoms with E-state index >= 15 is 0 Å². The number of carboxylic acids is 1. The van der Waals surface area contributed by atoms with Crippen molar-refractivity contribution < 1.29 is 14.7 Å². The van der Waals surface area contributed by atoms with Gasteiger partial charge in [0.25, 0.3) is 0 Å². The molecule has 0 saturated carbocycles. The molecule has 0 spiro atoms. The van der Waals surface area contributed by atoms with Gasteiger partial charge in [-0.25, -0.2) is 4.79 Å². The zero-order chi connectivity index (χ0) is 12.3. The number of hydrogen-bond acceptors (Lipinski definition) is 5. The van der Waals surface area contributed by atoms with E-state index in [0.717, 1.165) is 0 Å². The minimum absolute atomic E-state index is 0.226. The summed E-state index contributed by atoms with van der Waals surface area (Å²) in [5, 5.41) is 8.67.